The van der Waals surface area contributed by atoms with Gasteiger partial charge in [-0.05, 0) is 13.0 Å². The lowest BCUT2D eigenvalue weighted by atomic mass is 10.4. The summed E-state index contributed by atoms with van der Waals surface area (Å²) < 4.78 is 31.6. The van der Waals surface area contributed by atoms with Crippen LogP contribution in [0.15, 0.2) is 25.3 Å². The van der Waals surface area contributed by atoms with Gasteiger partial charge in [-0.15, -0.1) is 13.2 Å². The topological polar surface area (TPSA) is 77.8 Å². The summed E-state index contributed by atoms with van der Waals surface area (Å²) in [6.07, 6.45) is 5.06. The van der Waals surface area contributed by atoms with E-state index in [9.17, 15) is 0 Å². The van der Waals surface area contributed by atoms with Crippen LogP contribution in [0, 0.1) is 0 Å². The molecule has 0 aliphatic carbocycles. The van der Waals surface area contributed by atoms with Gasteiger partial charge in [-0.3, -0.25) is 14.0 Å². The van der Waals surface area contributed by atoms with E-state index in [0.29, 0.717) is 0 Å². The van der Waals surface area contributed by atoms with Gasteiger partial charge < -0.3 is 0 Å². The van der Waals surface area contributed by atoms with Crippen LogP contribution in [0.2, 0.25) is 0 Å². The van der Waals surface area contributed by atoms with Gasteiger partial charge in [0.25, 0.3) is 0 Å². The second kappa shape index (κ2) is 9.85. The monoisotopic (exact) mass is 237 g/mol. The van der Waals surface area contributed by atoms with Gasteiger partial charge in [0.2, 0.25) is 0 Å². The summed E-state index contributed by atoms with van der Waals surface area (Å²) in [6, 6.07) is 0. The Labute approximate surface area is 91.7 Å². The standard InChI is InChI=1S/C9H17N.H2O4S/c1-4-7-10(8-5-2)9-6-3;1-5(2,3)4/h4-5H,1-2,6-9H2,3H3;(H2,1,2,3,4). The predicted molar refractivity (Wildman–Crippen MR) is 61.3 cm³/mol. The fourth-order valence-corrected chi connectivity index (χ4v) is 0.938. The average Bonchev–Trinajstić information content (AvgIpc) is 2.02. The van der Waals surface area contributed by atoms with E-state index in [1.54, 1.807) is 0 Å². The Morgan fingerprint density at radius 1 is 1.20 bits per heavy atom. The Kier molecular flexibility index (Phi) is 11.0. The smallest absolute Gasteiger partial charge is 0.296 e. The molecule has 0 aromatic heterocycles. The van der Waals surface area contributed by atoms with Gasteiger partial charge in [-0.2, -0.15) is 8.42 Å². The SMILES string of the molecule is C=CCN(CC=C)CCC.O=S(=O)(O)O. The van der Waals surface area contributed by atoms with Crippen LogP contribution in [0.1, 0.15) is 13.3 Å². The summed E-state index contributed by atoms with van der Waals surface area (Å²) in [5.74, 6) is 0. The Morgan fingerprint density at radius 3 is 1.73 bits per heavy atom. The molecular weight excluding hydrogens is 218 g/mol. The third kappa shape index (κ3) is 24.7. The molecular formula is C9H19NO4S. The minimum absolute atomic E-state index is 0.972. The number of hydrogen-bond acceptors (Lipinski definition) is 3. The third-order valence-corrected chi connectivity index (χ3v) is 1.31. The molecule has 0 unspecified atom stereocenters. The second-order valence-corrected chi connectivity index (χ2v) is 3.68. The maximum atomic E-state index is 8.74. The van der Waals surface area contributed by atoms with Crippen LogP contribution in [0.25, 0.3) is 0 Å². The van der Waals surface area contributed by atoms with E-state index in [4.69, 9.17) is 17.5 Å². The van der Waals surface area contributed by atoms with Crippen molar-refractivity contribution in [2.75, 3.05) is 19.6 Å². The van der Waals surface area contributed by atoms with Gasteiger partial charge in [-0.25, -0.2) is 0 Å². The Hall–Kier alpha value is -0.690. The first-order chi connectivity index (χ1) is 6.85. The van der Waals surface area contributed by atoms with Gasteiger partial charge in [0, 0.05) is 13.1 Å². The zero-order valence-electron chi connectivity index (χ0n) is 8.96. The summed E-state index contributed by atoms with van der Waals surface area (Å²) in [5, 5.41) is 0. The quantitative estimate of drug-likeness (QED) is 0.539. The van der Waals surface area contributed by atoms with E-state index in [-0.39, 0.29) is 0 Å². The highest BCUT2D eigenvalue weighted by Crippen LogP contribution is 1.90. The lowest BCUT2D eigenvalue weighted by Gasteiger charge is -2.16. The maximum Gasteiger partial charge on any atom is 0.394 e. The largest absolute Gasteiger partial charge is 0.394 e. The first kappa shape index (κ1) is 16.7. The van der Waals surface area contributed by atoms with Crippen LogP contribution in [0.3, 0.4) is 0 Å². The molecule has 0 saturated carbocycles. The van der Waals surface area contributed by atoms with Crippen molar-refractivity contribution in [1.82, 2.24) is 4.90 Å². The molecule has 90 valence electrons. The van der Waals surface area contributed by atoms with Crippen LogP contribution in [0.5, 0.6) is 0 Å². The first-order valence-electron chi connectivity index (χ1n) is 4.49. The molecule has 0 fully saturated rings. The number of hydrogen-bond donors (Lipinski definition) is 2. The summed E-state index contributed by atoms with van der Waals surface area (Å²) in [6.45, 7) is 12.6. The highest BCUT2D eigenvalue weighted by atomic mass is 32.3. The molecule has 0 bridgehead atoms. The van der Waals surface area contributed by atoms with Crippen molar-refractivity contribution in [2.45, 2.75) is 13.3 Å². The van der Waals surface area contributed by atoms with Gasteiger partial charge in [0.05, 0.1) is 0 Å². The third-order valence-electron chi connectivity index (χ3n) is 1.31. The zero-order valence-corrected chi connectivity index (χ0v) is 9.78. The first-order valence-corrected chi connectivity index (χ1v) is 5.88. The van der Waals surface area contributed by atoms with Gasteiger partial charge in [0.1, 0.15) is 0 Å². The molecule has 0 saturated heterocycles. The van der Waals surface area contributed by atoms with E-state index in [0.717, 1.165) is 19.6 Å². The highest BCUT2D eigenvalue weighted by Gasteiger charge is 1.95. The molecule has 0 aliphatic heterocycles. The van der Waals surface area contributed by atoms with E-state index in [2.05, 4.69) is 25.0 Å². The van der Waals surface area contributed by atoms with Crippen LogP contribution >= 0.6 is 0 Å². The average molecular weight is 237 g/mol. The van der Waals surface area contributed by atoms with Crippen LogP contribution in [0.4, 0.5) is 0 Å². The van der Waals surface area contributed by atoms with Crippen molar-refractivity contribution in [2.24, 2.45) is 0 Å². The van der Waals surface area contributed by atoms with Gasteiger partial charge in [-0.1, -0.05) is 19.1 Å². The Morgan fingerprint density at radius 2 is 1.53 bits per heavy atom. The molecule has 0 atom stereocenters. The molecule has 0 aromatic rings. The van der Waals surface area contributed by atoms with E-state index in [1.807, 2.05) is 12.2 Å². The van der Waals surface area contributed by atoms with Gasteiger partial charge >= 0.3 is 10.4 Å². The Bertz CT molecular complexity index is 243. The van der Waals surface area contributed by atoms with E-state index < -0.39 is 10.4 Å². The zero-order chi connectivity index (χ0) is 12.3. The molecule has 6 heteroatoms. The molecule has 0 amide bonds. The summed E-state index contributed by atoms with van der Waals surface area (Å²) in [7, 11) is -4.67. The van der Waals surface area contributed by atoms with Crippen molar-refractivity contribution in [3.8, 4) is 0 Å². The minimum Gasteiger partial charge on any atom is -0.296 e. The summed E-state index contributed by atoms with van der Waals surface area (Å²) in [4.78, 5) is 2.31. The van der Waals surface area contributed by atoms with E-state index in [1.165, 1.54) is 6.42 Å². The molecule has 0 spiro atoms. The lowest BCUT2D eigenvalue weighted by Crippen LogP contribution is -2.24. The minimum atomic E-state index is -4.67. The van der Waals surface area contributed by atoms with E-state index >= 15 is 0 Å². The highest BCUT2D eigenvalue weighted by molar-refractivity contribution is 7.79. The summed E-state index contributed by atoms with van der Waals surface area (Å²) >= 11 is 0. The molecule has 0 heterocycles. The molecule has 0 radical (unpaired) electrons. The number of rotatable bonds is 6. The van der Waals surface area contributed by atoms with Crippen molar-refractivity contribution in [1.29, 1.82) is 0 Å². The van der Waals surface area contributed by atoms with Crippen molar-refractivity contribution >= 4 is 10.4 Å². The predicted octanol–water partition coefficient (Wildman–Crippen LogP) is 1.42. The summed E-state index contributed by atoms with van der Waals surface area (Å²) in [5.41, 5.74) is 0. The van der Waals surface area contributed by atoms with Crippen LogP contribution < -0.4 is 0 Å². The van der Waals surface area contributed by atoms with Crippen LogP contribution in [-0.2, 0) is 10.4 Å². The van der Waals surface area contributed by atoms with Crippen molar-refractivity contribution in [3.05, 3.63) is 25.3 Å². The molecule has 0 aliphatic rings. The van der Waals surface area contributed by atoms with Crippen molar-refractivity contribution in [3.63, 3.8) is 0 Å². The fraction of sp³-hybridized carbons (Fsp3) is 0.556. The molecule has 0 rings (SSSR count). The molecule has 0 aromatic carbocycles. The lowest BCUT2D eigenvalue weighted by molar-refractivity contribution is 0.336. The molecule has 2 N–H and O–H groups in total. The molecule has 15 heavy (non-hydrogen) atoms. The fourth-order valence-electron chi connectivity index (χ4n) is 0.938. The van der Waals surface area contributed by atoms with Crippen LogP contribution in [-0.4, -0.2) is 42.1 Å². The second-order valence-electron chi connectivity index (χ2n) is 2.78. The number of nitrogens with zero attached hydrogens (tertiary/aromatic N) is 1. The van der Waals surface area contributed by atoms with Gasteiger partial charge in [0.15, 0.2) is 0 Å². The molecule has 5 nitrogen and oxygen atoms in total. The normalized spacial score (nSPS) is 10.4. The van der Waals surface area contributed by atoms with Crippen molar-refractivity contribution < 1.29 is 17.5 Å². The maximum absolute atomic E-state index is 8.74. The Balaban J connectivity index is 0.